The molecule has 0 aliphatic carbocycles. The van der Waals surface area contributed by atoms with Crippen molar-refractivity contribution in [2.45, 2.75) is 7.43 Å². The molecule has 0 radical (unpaired) electrons. The van der Waals surface area contributed by atoms with Crippen molar-refractivity contribution in [3.63, 3.8) is 0 Å². The van der Waals surface area contributed by atoms with Crippen molar-refractivity contribution in [3.8, 4) is 5.75 Å². The zero-order valence-corrected chi connectivity index (χ0v) is 7.60. The van der Waals surface area contributed by atoms with Crippen LogP contribution in [0.15, 0.2) is 30.3 Å². The van der Waals surface area contributed by atoms with Gasteiger partial charge in [0.05, 0.1) is 7.11 Å². The molecule has 0 spiro atoms. The number of hydrogen-bond donors (Lipinski definition) is 2. The topological polar surface area (TPSA) is 66.8 Å². The molecule has 0 amide bonds. The molecular formula is C8H15O4P. The van der Waals surface area contributed by atoms with Gasteiger partial charge in [0, 0.05) is 0 Å². The number of ether oxygens (including phenoxy) is 1. The van der Waals surface area contributed by atoms with Gasteiger partial charge in [-0.3, -0.25) is 4.57 Å². The fourth-order valence-corrected chi connectivity index (χ4v) is 0.557. The lowest BCUT2D eigenvalue weighted by molar-refractivity contribution is 0.405. The van der Waals surface area contributed by atoms with Crippen LogP contribution in [0.25, 0.3) is 0 Å². The van der Waals surface area contributed by atoms with Crippen molar-refractivity contribution in [2.24, 2.45) is 0 Å². The number of para-hydroxylation sites is 1. The average Bonchev–Trinajstić information content (AvgIpc) is 2.05. The number of rotatable bonds is 1. The molecule has 0 fully saturated rings. The first kappa shape index (κ1) is 14.7. The SMILES string of the molecule is C.COc1ccccc1.O=[PH](O)O. The summed E-state index contributed by atoms with van der Waals surface area (Å²) in [6, 6.07) is 9.68. The maximum atomic E-state index is 8.74. The molecule has 0 aliphatic heterocycles. The Bertz CT molecular complexity index is 221. The quantitative estimate of drug-likeness (QED) is 0.686. The Morgan fingerprint density at radius 1 is 1.23 bits per heavy atom. The molecule has 13 heavy (non-hydrogen) atoms. The molecule has 0 atom stereocenters. The molecule has 0 aromatic heterocycles. The van der Waals surface area contributed by atoms with Gasteiger partial charge in [-0.1, -0.05) is 25.6 Å². The van der Waals surface area contributed by atoms with E-state index in [9.17, 15) is 0 Å². The highest BCUT2D eigenvalue weighted by molar-refractivity contribution is 7.30. The van der Waals surface area contributed by atoms with E-state index in [1.165, 1.54) is 0 Å². The van der Waals surface area contributed by atoms with Crippen LogP contribution in [0.1, 0.15) is 7.43 Å². The predicted molar refractivity (Wildman–Crippen MR) is 53.2 cm³/mol. The van der Waals surface area contributed by atoms with Crippen LogP contribution in [0, 0.1) is 0 Å². The second-order valence-corrected chi connectivity index (χ2v) is 2.36. The van der Waals surface area contributed by atoms with E-state index < -0.39 is 8.25 Å². The zero-order valence-electron chi connectivity index (χ0n) is 6.60. The molecule has 5 heteroatoms. The third kappa shape index (κ3) is 11.2. The van der Waals surface area contributed by atoms with Gasteiger partial charge in [-0.15, -0.1) is 0 Å². The highest BCUT2D eigenvalue weighted by Crippen LogP contribution is 2.05. The highest BCUT2D eigenvalue weighted by atomic mass is 31.1. The summed E-state index contributed by atoms with van der Waals surface area (Å²) in [5.74, 6) is 0.910. The summed E-state index contributed by atoms with van der Waals surface area (Å²) in [4.78, 5) is 14.3. The van der Waals surface area contributed by atoms with Gasteiger partial charge >= 0.3 is 8.25 Å². The summed E-state index contributed by atoms with van der Waals surface area (Å²) in [6.45, 7) is 0. The summed E-state index contributed by atoms with van der Waals surface area (Å²) in [6.07, 6.45) is 0. The fourth-order valence-electron chi connectivity index (χ4n) is 0.557. The van der Waals surface area contributed by atoms with Crippen LogP contribution in [0.2, 0.25) is 0 Å². The Morgan fingerprint density at radius 2 is 1.62 bits per heavy atom. The van der Waals surface area contributed by atoms with Gasteiger partial charge < -0.3 is 14.5 Å². The smallest absolute Gasteiger partial charge is 0.314 e. The van der Waals surface area contributed by atoms with Crippen molar-refractivity contribution in [3.05, 3.63) is 30.3 Å². The summed E-state index contributed by atoms with van der Waals surface area (Å²) in [7, 11) is -1.47. The molecule has 0 heterocycles. The molecule has 0 aliphatic rings. The Balaban J connectivity index is 0. The van der Waals surface area contributed by atoms with Crippen LogP contribution >= 0.6 is 8.25 Å². The van der Waals surface area contributed by atoms with Gasteiger partial charge in [0.25, 0.3) is 0 Å². The van der Waals surface area contributed by atoms with E-state index in [1.54, 1.807) is 7.11 Å². The first-order valence-electron chi connectivity index (χ1n) is 3.17. The third-order valence-electron chi connectivity index (χ3n) is 0.979. The normalized spacial score (nSPS) is 8.00. The van der Waals surface area contributed by atoms with Gasteiger partial charge in [-0.05, 0) is 12.1 Å². The standard InChI is InChI=1S/C7H8O.CH4.H3O3P/c1-8-7-5-3-2-4-6-7;;1-4(2)3/h2-6H,1H3;1H4;4H,(H2,1,2,3). The van der Waals surface area contributed by atoms with Gasteiger partial charge in [-0.25, -0.2) is 0 Å². The number of benzene rings is 1. The first-order chi connectivity index (χ1) is 5.66. The van der Waals surface area contributed by atoms with Crippen molar-refractivity contribution in [1.29, 1.82) is 0 Å². The summed E-state index contributed by atoms with van der Waals surface area (Å²) in [5, 5.41) is 0. The molecule has 1 aromatic rings. The Hall–Kier alpha value is -0.830. The zero-order chi connectivity index (χ0) is 9.40. The molecule has 0 saturated carbocycles. The van der Waals surface area contributed by atoms with Crippen molar-refractivity contribution in [2.75, 3.05) is 7.11 Å². The molecule has 4 nitrogen and oxygen atoms in total. The van der Waals surface area contributed by atoms with E-state index >= 15 is 0 Å². The maximum Gasteiger partial charge on any atom is 0.314 e. The average molecular weight is 206 g/mol. The van der Waals surface area contributed by atoms with E-state index in [1.807, 2.05) is 30.3 Å². The largest absolute Gasteiger partial charge is 0.497 e. The second-order valence-electron chi connectivity index (χ2n) is 1.80. The lowest BCUT2D eigenvalue weighted by Gasteiger charge is -1.93. The Morgan fingerprint density at radius 3 is 1.85 bits per heavy atom. The summed E-state index contributed by atoms with van der Waals surface area (Å²) >= 11 is 0. The first-order valence-corrected chi connectivity index (χ1v) is 4.48. The van der Waals surface area contributed by atoms with Crippen LogP contribution in [0.3, 0.4) is 0 Å². The van der Waals surface area contributed by atoms with Crippen LogP contribution in [-0.4, -0.2) is 16.9 Å². The van der Waals surface area contributed by atoms with Crippen molar-refractivity contribution < 1.29 is 19.1 Å². The van der Waals surface area contributed by atoms with E-state index in [0.29, 0.717) is 0 Å². The van der Waals surface area contributed by atoms with Gasteiger partial charge in [0.1, 0.15) is 5.75 Å². The Kier molecular flexibility index (Phi) is 10.5. The molecule has 2 N–H and O–H groups in total. The maximum absolute atomic E-state index is 8.74. The van der Waals surface area contributed by atoms with E-state index in [0.717, 1.165) is 5.75 Å². The minimum absolute atomic E-state index is 0. The minimum atomic E-state index is -3.13. The number of hydrogen-bond acceptors (Lipinski definition) is 2. The lowest BCUT2D eigenvalue weighted by Crippen LogP contribution is -1.78. The van der Waals surface area contributed by atoms with Crippen LogP contribution in [-0.2, 0) is 4.57 Å². The molecule has 0 bridgehead atoms. The summed E-state index contributed by atoms with van der Waals surface area (Å²) < 4.78 is 13.7. The van der Waals surface area contributed by atoms with E-state index in [2.05, 4.69) is 0 Å². The predicted octanol–water partition coefficient (Wildman–Crippen LogP) is 1.69. The van der Waals surface area contributed by atoms with E-state index in [4.69, 9.17) is 19.1 Å². The monoisotopic (exact) mass is 206 g/mol. The molecule has 76 valence electrons. The minimum Gasteiger partial charge on any atom is -0.497 e. The van der Waals surface area contributed by atoms with Crippen molar-refractivity contribution in [1.82, 2.24) is 0 Å². The fraction of sp³-hybridized carbons (Fsp3) is 0.250. The van der Waals surface area contributed by atoms with E-state index in [-0.39, 0.29) is 7.43 Å². The van der Waals surface area contributed by atoms with Crippen LogP contribution < -0.4 is 4.74 Å². The van der Waals surface area contributed by atoms with Gasteiger partial charge in [-0.2, -0.15) is 0 Å². The van der Waals surface area contributed by atoms with Gasteiger partial charge in [0.15, 0.2) is 0 Å². The molecular weight excluding hydrogens is 191 g/mol. The van der Waals surface area contributed by atoms with Crippen LogP contribution in [0.4, 0.5) is 0 Å². The molecule has 1 aromatic carbocycles. The molecule has 0 saturated heterocycles. The third-order valence-corrected chi connectivity index (χ3v) is 0.979. The van der Waals surface area contributed by atoms with Crippen molar-refractivity contribution >= 4 is 8.25 Å². The molecule has 0 unspecified atom stereocenters. The molecule has 1 rings (SSSR count). The van der Waals surface area contributed by atoms with Crippen LogP contribution in [0.5, 0.6) is 5.75 Å². The Labute approximate surface area is 78.8 Å². The van der Waals surface area contributed by atoms with Gasteiger partial charge in [0.2, 0.25) is 0 Å². The lowest BCUT2D eigenvalue weighted by atomic mass is 10.3. The second kappa shape index (κ2) is 9.26. The summed E-state index contributed by atoms with van der Waals surface area (Å²) in [5.41, 5.74) is 0. The number of methoxy groups -OCH3 is 1. The highest BCUT2D eigenvalue weighted by Gasteiger charge is 1.80.